The molecule has 0 spiro atoms. The molecule has 1 rings (SSSR count). The Hall–Kier alpha value is -1.76. The van der Waals surface area contributed by atoms with Gasteiger partial charge in [-0.25, -0.2) is 0 Å². The van der Waals surface area contributed by atoms with Gasteiger partial charge in [-0.3, -0.25) is 4.79 Å². The number of aromatic hydroxyl groups is 1. The maximum absolute atomic E-state index is 10.9. The number of ether oxygens (including phenoxy) is 1. The van der Waals surface area contributed by atoms with E-state index in [0.29, 0.717) is 13.0 Å². The number of anilines is 1. The molecule has 1 amide bonds. The van der Waals surface area contributed by atoms with E-state index < -0.39 is 20.1 Å². The summed E-state index contributed by atoms with van der Waals surface area (Å²) < 4.78 is 33.4. The van der Waals surface area contributed by atoms with E-state index >= 15 is 0 Å². The summed E-state index contributed by atoms with van der Waals surface area (Å²) in [4.78, 5) is 21.2. The summed E-state index contributed by atoms with van der Waals surface area (Å²) in [6.45, 7) is 5.69. The van der Waals surface area contributed by atoms with Gasteiger partial charge in [0.25, 0.3) is 0 Å². The van der Waals surface area contributed by atoms with Gasteiger partial charge in [0.05, 0.1) is 6.61 Å². The molecule has 0 atom stereocenters. The van der Waals surface area contributed by atoms with Crippen molar-refractivity contribution in [2.24, 2.45) is 0 Å². The second-order valence-corrected chi connectivity index (χ2v) is 8.22. The van der Waals surface area contributed by atoms with Gasteiger partial charge in [0.15, 0.2) is 0 Å². The van der Waals surface area contributed by atoms with Crippen LogP contribution in [-0.4, -0.2) is 46.0 Å². The second-order valence-electron chi connectivity index (χ2n) is 4.85. The first-order chi connectivity index (χ1) is 11.1. The Kier molecular flexibility index (Phi) is 10.1. The zero-order valence-electron chi connectivity index (χ0n) is 14.0. The predicted molar refractivity (Wildman–Crippen MR) is 89.1 cm³/mol. The van der Waals surface area contributed by atoms with E-state index in [-0.39, 0.29) is 21.8 Å². The number of phenolic OH excluding ortho intramolecular Hbond substituents is 1. The van der Waals surface area contributed by atoms with E-state index in [0.717, 1.165) is 31.0 Å². The third kappa shape index (κ3) is 9.39. The summed E-state index contributed by atoms with van der Waals surface area (Å²) in [6.07, 6.45) is 2.55. The van der Waals surface area contributed by atoms with Crippen molar-refractivity contribution in [1.29, 1.82) is 0 Å². The largest absolute Gasteiger partial charge is 0.466 e. The summed E-state index contributed by atoms with van der Waals surface area (Å²) in [5.74, 6) is -0.762. The van der Waals surface area contributed by atoms with Crippen LogP contribution in [0.15, 0.2) is 18.2 Å². The average Bonchev–Trinajstić information content (AvgIpc) is 2.48. The third-order valence-electron chi connectivity index (χ3n) is 2.68. The number of hydrogen-bond acceptors (Lipinski definition) is 5. The number of rotatable bonds is 6. The molecule has 0 aliphatic heterocycles. The van der Waals surface area contributed by atoms with Crippen molar-refractivity contribution >= 4 is 36.1 Å². The van der Waals surface area contributed by atoms with E-state index in [1.54, 1.807) is 6.92 Å². The molecule has 0 radical (unpaired) electrons. The van der Waals surface area contributed by atoms with Crippen LogP contribution in [0.4, 0.5) is 5.69 Å². The first kappa shape index (κ1) is 22.2. The molecule has 136 valence electrons. The molecule has 0 aliphatic carbocycles. The minimum Gasteiger partial charge on any atom is -0.466 e. The minimum absolute atomic E-state index is 0.00951. The monoisotopic (exact) mass is 405 g/mol. The van der Waals surface area contributed by atoms with Crippen molar-refractivity contribution in [3.05, 3.63) is 18.2 Å². The van der Waals surface area contributed by atoms with E-state index in [9.17, 15) is 18.4 Å². The maximum atomic E-state index is 10.9. The SMILES string of the molecule is CC(=O)Nc1cc([As](=O)(O)O)ccc1O.CCCCOC(=O)CC. The van der Waals surface area contributed by atoms with Crippen LogP contribution in [0.25, 0.3) is 0 Å². The molecule has 0 bridgehead atoms. The van der Waals surface area contributed by atoms with Crippen LogP contribution in [0.2, 0.25) is 0 Å². The van der Waals surface area contributed by atoms with Crippen molar-refractivity contribution in [1.82, 2.24) is 0 Å². The van der Waals surface area contributed by atoms with Gasteiger partial charge in [-0.2, -0.15) is 0 Å². The number of carbonyl (C=O) groups excluding carboxylic acids is 2. The molecular weight excluding hydrogens is 381 g/mol. The summed E-state index contributed by atoms with van der Waals surface area (Å²) in [6, 6.07) is 3.32. The Balaban J connectivity index is 0.000000506. The zero-order chi connectivity index (χ0) is 18.8. The molecule has 4 N–H and O–H groups in total. The number of unbranched alkanes of at least 4 members (excludes halogenated alkanes) is 1. The first-order valence-electron chi connectivity index (χ1n) is 7.44. The number of hydrogen-bond donors (Lipinski definition) is 4. The number of nitrogens with one attached hydrogen (secondary N) is 1. The van der Waals surface area contributed by atoms with Gasteiger partial charge in [0.1, 0.15) is 0 Å². The van der Waals surface area contributed by atoms with Crippen molar-refractivity contribution in [2.75, 3.05) is 11.9 Å². The molecule has 0 fully saturated rings. The van der Waals surface area contributed by atoms with Crippen LogP contribution in [0.1, 0.15) is 40.0 Å². The summed E-state index contributed by atoms with van der Waals surface area (Å²) in [5.41, 5.74) is -0.00951. The molecule has 24 heavy (non-hydrogen) atoms. The van der Waals surface area contributed by atoms with Gasteiger partial charge in [-0.15, -0.1) is 0 Å². The van der Waals surface area contributed by atoms with E-state index in [1.165, 1.54) is 6.92 Å². The quantitative estimate of drug-likeness (QED) is 0.236. The van der Waals surface area contributed by atoms with Gasteiger partial charge in [-0.05, 0) is 6.42 Å². The van der Waals surface area contributed by atoms with Crippen LogP contribution in [-0.2, 0) is 18.1 Å². The molecule has 0 unspecified atom stereocenters. The predicted octanol–water partition coefficient (Wildman–Crippen LogP) is 0.651. The van der Waals surface area contributed by atoms with Crippen LogP contribution < -0.4 is 9.67 Å². The molecular formula is C15H24AsNO7. The smallest absolute Gasteiger partial charge is 0.305 e. The van der Waals surface area contributed by atoms with Gasteiger partial charge in [0, 0.05) is 6.42 Å². The van der Waals surface area contributed by atoms with Gasteiger partial charge in [0.2, 0.25) is 0 Å². The molecule has 0 aliphatic rings. The van der Waals surface area contributed by atoms with Crippen molar-refractivity contribution < 1.29 is 31.4 Å². The average molecular weight is 405 g/mol. The summed E-state index contributed by atoms with van der Waals surface area (Å²) >= 11 is -4.98. The number of esters is 1. The summed E-state index contributed by atoms with van der Waals surface area (Å²) in [7, 11) is 0. The van der Waals surface area contributed by atoms with E-state index in [2.05, 4.69) is 12.2 Å². The van der Waals surface area contributed by atoms with Crippen molar-refractivity contribution in [3.8, 4) is 5.75 Å². The Morgan fingerprint density at radius 3 is 2.33 bits per heavy atom. The Bertz CT molecular complexity index is 597. The van der Waals surface area contributed by atoms with Crippen LogP contribution >= 0.6 is 0 Å². The number of benzene rings is 1. The van der Waals surface area contributed by atoms with Gasteiger partial charge < -0.3 is 4.74 Å². The van der Waals surface area contributed by atoms with Gasteiger partial charge >= 0.3 is 94.1 Å². The van der Waals surface area contributed by atoms with E-state index in [1.807, 2.05) is 0 Å². The topological polar surface area (TPSA) is 133 Å². The fourth-order valence-electron chi connectivity index (χ4n) is 1.43. The number of phenols is 1. The fourth-order valence-corrected chi connectivity index (χ4v) is 2.61. The third-order valence-corrected chi connectivity index (χ3v) is 4.67. The van der Waals surface area contributed by atoms with Crippen molar-refractivity contribution in [3.63, 3.8) is 0 Å². The second kappa shape index (κ2) is 10.9. The fraction of sp³-hybridized carbons (Fsp3) is 0.467. The summed E-state index contributed by atoms with van der Waals surface area (Å²) in [5, 5.41) is 11.6. The van der Waals surface area contributed by atoms with Crippen LogP contribution in [0, 0.1) is 0 Å². The normalized spacial score (nSPS) is 10.4. The van der Waals surface area contributed by atoms with Crippen LogP contribution in [0.3, 0.4) is 0 Å². The molecule has 1 aromatic carbocycles. The van der Waals surface area contributed by atoms with Gasteiger partial charge in [-0.1, -0.05) is 20.3 Å². The minimum atomic E-state index is -4.98. The Labute approximate surface area is 143 Å². The maximum Gasteiger partial charge on any atom is 0.305 e. The number of carbonyl (C=O) groups is 2. The van der Waals surface area contributed by atoms with E-state index in [4.69, 9.17) is 12.9 Å². The number of amides is 1. The standard InChI is InChI=1S/C8H10AsNO5.C7H14O2/c1-5(11)10-7-4-6(9(13,14)15)2-3-8(7)12;1-3-5-6-9-7(8)4-2/h2-4,12H,1H3,(H,10,11)(H2,13,14,15);3-6H2,1-2H3. The Morgan fingerprint density at radius 2 is 1.88 bits per heavy atom. The molecule has 8 nitrogen and oxygen atoms in total. The molecule has 0 saturated carbocycles. The molecule has 0 aromatic heterocycles. The Morgan fingerprint density at radius 1 is 1.25 bits per heavy atom. The van der Waals surface area contributed by atoms with Crippen LogP contribution in [0.5, 0.6) is 5.75 Å². The zero-order valence-corrected chi connectivity index (χ0v) is 15.9. The van der Waals surface area contributed by atoms with Crippen molar-refractivity contribution in [2.45, 2.75) is 40.0 Å². The molecule has 0 saturated heterocycles. The molecule has 0 heterocycles. The molecule has 1 aromatic rings. The molecule has 9 heteroatoms. The first-order valence-corrected chi connectivity index (χ1v) is 10.8.